The predicted molar refractivity (Wildman–Crippen MR) is 58.8 cm³/mol. The Hall–Kier alpha value is -0.480. The highest BCUT2D eigenvalue weighted by Crippen LogP contribution is 2.39. The molecule has 0 saturated carbocycles. The average molecular weight is 226 g/mol. The number of nitrogens with one attached hydrogen (secondary N) is 1. The SMILES string of the molecule is FC1(Cc2cncs2)CC2CCC(C1)N2. The van der Waals surface area contributed by atoms with Gasteiger partial charge in [0.2, 0.25) is 0 Å². The number of thiazole rings is 1. The highest BCUT2D eigenvalue weighted by Gasteiger charge is 2.44. The molecular weight excluding hydrogens is 211 g/mol. The van der Waals surface area contributed by atoms with Crippen molar-refractivity contribution in [2.75, 3.05) is 0 Å². The van der Waals surface area contributed by atoms with Crippen LogP contribution in [0.5, 0.6) is 0 Å². The van der Waals surface area contributed by atoms with Gasteiger partial charge in [-0.1, -0.05) is 0 Å². The van der Waals surface area contributed by atoms with E-state index in [1.54, 1.807) is 23.0 Å². The van der Waals surface area contributed by atoms with Crippen molar-refractivity contribution in [2.24, 2.45) is 0 Å². The first kappa shape index (κ1) is 9.73. The van der Waals surface area contributed by atoms with Gasteiger partial charge in [0, 0.05) is 29.6 Å². The summed E-state index contributed by atoms with van der Waals surface area (Å²) in [5.41, 5.74) is 0.804. The Balaban J connectivity index is 1.74. The molecule has 2 aliphatic rings. The molecule has 3 rings (SSSR count). The third kappa shape index (κ3) is 1.93. The molecule has 82 valence electrons. The van der Waals surface area contributed by atoms with Crippen molar-refractivity contribution in [3.05, 3.63) is 16.6 Å². The second-order valence-corrected chi connectivity index (χ2v) is 5.81. The summed E-state index contributed by atoms with van der Waals surface area (Å²) in [7, 11) is 0. The van der Waals surface area contributed by atoms with E-state index < -0.39 is 5.67 Å². The molecular formula is C11H15FN2S. The molecule has 2 unspecified atom stereocenters. The van der Waals surface area contributed by atoms with Gasteiger partial charge in [-0.2, -0.15) is 0 Å². The molecule has 2 aliphatic heterocycles. The minimum atomic E-state index is -0.983. The van der Waals surface area contributed by atoms with Crippen molar-refractivity contribution in [3.63, 3.8) is 0 Å². The van der Waals surface area contributed by atoms with Crippen LogP contribution >= 0.6 is 11.3 Å². The summed E-state index contributed by atoms with van der Waals surface area (Å²) in [6.07, 6.45) is 6.03. The van der Waals surface area contributed by atoms with E-state index in [0.29, 0.717) is 31.3 Å². The molecule has 1 N–H and O–H groups in total. The zero-order valence-corrected chi connectivity index (χ0v) is 9.39. The number of hydrogen-bond acceptors (Lipinski definition) is 3. The molecule has 0 aromatic carbocycles. The van der Waals surface area contributed by atoms with Crippen molar-refractivity contribution >= 4 is 11.3 Å². The third-order valence-corrected chi connectivity index (χ3v) is 4.31. The normalized spacial score (nSPS) is 39.5. The van der Waals surface area contributed by atoms with E-state index >= 15 is 0 Å². The first-order chi connectivity index (χ1) is 7.23. The number of hydrogen-bond donors (Lipinski definition) is 1. The molecule has 3 heterocycles. The number of piperidine rings is 1. The first-order valence-corrected chi connectivity index (χ1v) is 6.44. The van der Waals surface area contributed by atoms with Crippen molar-refractivity contribution < 1.29 is 4.39 Å². The lowest BCUT2D eigenvalue weighted by atomic mass is 9.86. The number of rotatable bonds is 2. The molecule has 1 aromatic rings. The van der Waals surface area contributed by atoms with Crippen LogP contribution in [-0.4, -0.2) is 22.7 Å². The Labute approximate surface area is 92.9 Å². The zero-order valence-electron chi connectivity index (χ0n) is 8.58. The van der Waals surface area contributed by atoms with Crippen LogP contribution in [-0.2, 0) is 6.42 Å². The maximum atomic E-state index is 14.6. The standard InChI is InChI=1S/C11H15FN2S/c12-11(5-10-6-13-7-15-10)3-8-1-2-9(4-11)14-8/h6-9,14H,1-5H2. The van der Waals surface area contributed by atoms with Gasteiger partial charge in [0.25, 0.3) is 0 Å². The van der Waals surface area contributed by atoms with Crippen LogP contribution in [0, 0.1) is 0 Å². The molecule has 1 aromatic heterocycles. The van der Waals surface area contributed by atoms with E-state index in [9.17, 15) is 4.39 Å². The number of aromatic nitrogens is 1. The lowest BCUT2D eigenvalue weighted by molar-refractivity contribution is 0.0902. The maximum Gasteiger partial charge on any atom is 0.118 e. The third-order valence-electron chi connectivity index (χ3n) is 3.53. The Kier molecular flexibility index (Phi) is 2.29. The second-order valence-electron chi connectivity index (χ2n) is 4.84. The Morgan fingerprint density at radius 1 is 1.47 bits per heavy atom. The topological polar surface area (TPSA) is 24.9 Å². The summed E-state index contributed by atoms with van der Waals surface area (Å²) in [5, 5.41) is 3.47. The van der Waals surface area contributed by atoms with Gasteiger partial charge in [-0.25, -0.2) is 4.39 Å². The van der Waals surface area contributed by atoms with E-state index in [1.807, 2.05) is 0 Å². The molecule has 2 saturated heterocycles. The average Bonchev–Trinajstić information content (AvgIpc) is 2.76. The van der Waals surface area contributed by atoms with Crippen LogP contribution in [0.1, 0.15) is 30.6 Å². The van der Waals surface area contributed by atoms with E-state index in [2.05, 4.69) is 10.3 Å². The number of halogens is 1. The van der Waals surface area contributed by atoms with Gasteiger partial charge in [0.05, 0.1) is 5.51 Å². The highest BCUT2D eigenvalue weighted by molar-refractivity contribution is 7.09. The fourth-order valence-electron chi connectivity index (χ4n) is 2.98. The molecule has 4 heteroatoms. The van der Waals surface area contributed by atoms with Crippen LogP contribution in [0.3, 0.4) is 0 Å². The van der Waals surface area contributed by atoms with Gasteiger partial charge in [-0.3, -0.25) is 4.98 Å². The summed E-state index contributed by atoms with van der Waals surface area (Å²) in [5.74, 6) is 0. The Morgan fingerprint density at radius 2 is 2.20 bits per heavy atom. The lowest BCUT2D eigenvalue weighted by Gasteiger charge is -2.34. The quantitative estimate of drug-likeness (QED) is 0.837. The molecule has 15 heavy (non-hydrogen) atoms. The Morgan fingerprint density at radius 3 is 2.80 bits per heavy atom. The summed E-state index contributed by atoms with van der Waals surface area (Å²) >= 11 is 1.57. The monoisotopic (exact) mass is 226 g/mol. The van der Waals surface area contributed by atoms with Crippen LogP contribution in [0.2, 0.25) is 0 Å². The molecule has 2 fully saturated rings. The zero-order chi connectivity index (χ0) is 10.3. The molecule has 0 spiro atoms. The van der Waals surface area contributed by atoms with Crippen molar-refractivity contribution in [3.8, 4) is 0 Å². The molecule has 0 aliphatic carbocycles. The van der Waals surface area contributed by atoms with Gasteiger partial charge in [0.1, 0.15) is 5.67 Å². The molecule has 2 nitrogen and oxygen atoms in total. The summed E-state index contributed by atoms with van der Waals surface area (Å²) in [4.78, 5) is 5.09. The van der Waals surface area contributed by atoms with E-state index in [0.717, 1.165) is 17.7 Å². The summed E-state index contributed by atoms with van der Waals surface area (Å²) in [6.45, 7) is 0. The fraction of sp³-hybridized carbons (Fsp3) is 0.727. The number of alkyl halides is 1. The van der Waals surface area contributed by atoms with Gasteiger partial charge in [0.15, 0.2) is 0 Å². The molecule has 2 bridgehead atoms. The van der Waals surface area contributed by atoms with Gasteiger partial charge in [-0.15, -0.1) is 11.3 Å². The maximum absolute atomic E-state index is 14.6. The Bertz CT molecular complexity index is 326. The largest absolute Gasteiger partial charge is 0.311 e. The van der Waals surface area contributed by atoms with E-state index in [4.69, 9.17) is 0 Å². The fourth-order valence-corrected chi connectivity index (χ4v) is 3.70. The summed E-state index contributed by atoms with van der Waals surface area (Å²) in [6, 6.07) is 0.836. The van der Waals surface area contributed by atoms with Crippen LogP contribution < -0.4 is 5.32 Å². The van der Waals surface area contributed by atoms with E-state index in [1.165, 1.54) is 0 Å². The lowest BCUT2D eigenvalue weighted by Crippen LogP contribution is -2.47. The molecule has 0 amide bonds. The smallest absolute Gasteiger partial charge is 0.118 e. The van der Waals surface area contributed by atoms with Crippen LogP contribution in [0.25, 0.3) is 0 Å². The molecule has 2 atom stereocenters. The number of nitrogens with zero attached hydrogens (tertiary/aromatic N) is 1. The van der Waals surface area contributed by atoms with E-state index in [-0.39, 0.29) is 0 Å². The minimum Gasteiger partial charge on any atom is -0.311 e. The minimum absolute atomic E-state index is 0.418. The summed E-state index contributed by atoms with van der Waals surface area (Å²) < 4.78 is 14.6. The molecule has 0 radical (unpaired) electrons. The van der Waals surface area contributed by atoms with Gasteiger partial charge < -0.3 is 5.32 Å². The highest BCUT2D eigenvalue weighted by atomic mass is 32.1. The van der Waals surface area contributed by atoms with Crippen molar-refractivity contribution in [1.82, 2.24) is 10.3 Å². The van der Waals surface area contributed by atoms with Gasteiger partial charge >= 0.3 is 0 Å². The van der Waals surface area contributed by atoms with Crippen molar-refractivity contribution in [2.45, 2.75) is 49.9 Å². The first-order valence-electron chi connectivity index (χ1n) is 5.56. The second kappa shape index (κ2) is 3.52. The number of fused-ring (bicyclic) bond motifs is 2. The van der Waals surface area contributed by atoms with Crippen LogP contribution in [0.4, 0.5) is 4.39 Å². The van der Waals surface area contributed by atoms with Crippen LogP contribution in [0.15, 0.2) is 11.7 Å². The van der Waals surface area contributed by atoms with Gasteiger partial charge in [-0.05, 0) is 25.7 Å². The predicted octanol–water partition coefficient (Wildman–Crippen LogP) is 2.31. The van der Waals surface area contributed by atoms with Crippen molar-refractivity contribution in [1.29, 1.82) is 0 Å².